The van der Waals surface area contributed by atoms with Crippen LogP contribution in [0, 0.1) is 0 Å². The molecule has 0 amide bonds. The van der Waals surface area contributed by atoms with Crippen LogP contribution < -0.4 is 5.73 Å². The van der Waals surface area contributed by atoms with Crippen molar-refractivity contribution < 1.29 is 39.5 Å². The second kappa shape index (κ2) is 5.91. The van der Waals surface area contributed by atoms with Crippen molar-refractivity contribution in [1.29, 1.82) is 0 Å². The van der Waals surface area contributed by atoms with Crippen LogP contribution >= 0.6 is 12.4 Å². The molecule has 0 aliphatic rings. The van der Waals surface area contributed by atoms with E-state index in [0.717, 1.165) is 0 Å². The summed E-state index contributed by atoms with van der Waals surface area (Å²) in [5.74, 6) is 0. The van der Waals surface area contributed by atoms with Crippen LogP contribution in [-0.4, -0.2) is 6.18 Å². The van der Waals surface area contributed by atoms with Crippen LogP contribution in [0.1, 0.15) is 22.7 Å². The molecule has 1 rings (SSSR count). The molecule has 1 aromatic carbocycles. The molecule has 1 atom stereocenters. The third-order valence-corrected chi connectivity index (χ3v) is 2.32. The second-order valence-electron chi connectivity index (χ2n) is 3.86. The van der Waals surface area contributed by atoms with E-state index in [1.165, 1.54) is 0 Å². The predicted octanol–water partition coefficient (Wildman–Crippen LogP) is 4.71. The Balaban J connectivity index is 0.00000400. The van der Waals surface area contributed by atoms with Gasteiger partial charge in [-0.25, -0.2) is 0 Å². The van der Waals surface area contributed by atoms with E-state index in [-0.39, 0.29) is 30.6 Å². The molecular formula is C10H7ClF9N. The van der Waals surface area contributed by atoms with Crippen molar-refractivity contribution in [1.82, 2.24) is 0 Å². The molecule has 0 fully saturated rings. The van der Waals surface area contributed by atoms with Gasteiger partial charge >= 0.3 is 18.5 Å². The number of hydrogen-bond acceptors (Lipinski definition) is 1. The Labute approximate surface area is 118 Å². The summed E-state index contributed by atoms with van der Waals surface area (Å²) < 4.78 is 111. The van der Waals surface area contributed by atoms with Crippen molar-refractivity contribution in [2.24, 2.45) is 5.73 Å². The largest absolute Gasteiger partial charge is 0.416 e. The molecule has 0 saturated heterocycles. The Morgan fingerprint density at radius 3 is 1.29 bits per heavy atom. The highest BCUT2D eigenvalue weighted by molar-refractivity contribution is 5.85. The fourth-order valence-corrected chi connectivity index (χ4v) is 1.35. The highest BCUT2D eigenvalue weighted by Gasteiger charge is 2.42. The SMILES string of the molecule is Cl.N[C@H](c1cc(C(F)(F)F)cc(C(F)(F)F)c1)C(F)(F)F. The van der Waals surface area contributed by atoms with Crippen LogP contribution in [0.5, 0.6) is 0 Å². The normalized spacial score (nSPS) is 14.6. The predicted molar refractivity (Wildman–Crippen MR) is 56.7 cm³/mol. The molecule has 0 aromatic heterocycles. The molecule has 0 heterocycles. The van der Waals surface area contributed by atoms with Gasteiger partial charge in [0.1, 0.15) is 6.04 Å². The molecular weight excluding hydrogens is 341 g/mol. The maximum absolute atomic E-state index is 12.4. The number of nitrogens with two attached hydrogens (primary N) is 1. The van der Waals surface area contributed by atoms with Gasteiger partial charge in [-0.2, -0.15) is 39.5 Å². The van der Waals surface area contributed by atoms with Crippen molar-refractivity contribution >= 4 is 12.4 Å². The van der Waals surface area contributed by atoms with Crippen LogP contribution in [0.15, 0.2) is 18.2 Å². The van der Waals surface area contributed by atoms with Crippen LogP contribution in [0.4, 0.5) is 39.5 Å². The monoisotopic (exact) mass is 347 g/mol. The van der Waals surface area contributed by atoms with Gasteiger partial charge in [0.15, 0.2) is 0 Å². The smallest absolute Gasteiger partial charge is 0.316 e. The van der Waals surface area contributed by atoms with Gasteiger partial charge in [0.05, 0.1) is 11.1 Å². The Morgan fingerprint density at radius 2 is 1.05 bits per heavy atom. The number of halogens is 10. The molecule has 0 unspecified atom stereocenters. The van der Waals surface area contributed by atoms with E-state index in [0.29, 0.717) is 0 Å². The summed E-state index contributed by atoms with van der Waals surface area (Å²) in [5.41, 5.74) is -0.360. The molecule has 1 nitrogen and oxygen atoms in total. The first-order valence-corrected chi connectivity index (χ1v) is 4.84. The van der Waals surface area contributed by atoms with Gasteiger partial charge in [0, 0.05) is 0 Å². The van der Waals surface area contributed by atoms with Crippen molar-refractivity contribution in [2.75, 3.05) is 0 Å². The maximum atomic E-state index is 12.4. The van der Waals surface area contributed by atoms with Crippen molar-refractivity contribution in [3.8, 4) is 0 Å². The Kier molecular flexibility index (Phi) is 5.59. The number of benzene rings is 1. The molecule has 0 radical (unpaired) electrons. The highest BCUT2D eigenvalue weighted by atomic mass is 35.5. The van der Waals surface area contributed by atoms with Crippen molar-refractivity contribution in [3.05, 3.63) is 34.9 Å². The second-order valence-corrected chi connectivity index (χ2v) is 3.86. The van der Waals surface area contributed by atoms with Crippen molar-refractivity contribution in [3.63, 3.8) is 0 Å². The highest BCUT2D eigenvalue weighted by Crippen LogP contribution is 2.39. The van der Waals surface area contributed by atoms with Gasteiger partial charge in [0.25, 0.3) is 0 Å². The summed E-state index contributed by atoms with van der Waals surface area (Å²) >= 11 is 0. The van der Waals surface area contributed by atoms with E-state index in [1.807, 2.05) is 0 Å². The number of rotatable bonds is 1. The molecule has 0 bridgehead atoms. The Bertz CT molecular complexity index is 457. The average Bonchev–Trinajstić information content (AvgIpc) is 2.23. The molecule has 21 heavy (non-hydrogen) atoms. The molecule has 0 spiro atoms. The van der Waals surface area contributed by atoms with E-state index >= 15 is 0 Å². The first kappa shape index (κ1) is 19.8. The standard InChI is InChI=1S/C10H6F9N.ClH/c11-8(12,13)5-1-4(7(20)10(17,18)19)2-6(3-5)9(14,15)16;/h1-3,7H,20H2;1H/t7-;/m1./s1. The van der Waals surface area contributed by atoms with Gasteiger partial charge < -0.3 is 5.73 Å². The lowest BCUT2D eigenvalue weighted by atomic mass is 9.99. The zero-order chi connectivity index (χ0) is 15.9. The summed E-state index contributed by atoms with van der Waals surface area (Å²) in [6.45, 7) is 0. The summed E-state index contributed by atoms with van der Waals surface area (Å²) in [6, 6.07) is -3.31. The fraction of sp³-hybridized carbons (Fsp3) is 0.400. The topological polar surface area (TPSA) is 26.0 Å². The quantitative estimate of drug-likeness (QED) is 0.732. The molecule has 11 heteroatoms. The van der Waals surface area contributed by atoms with Crippen LogP contribution in [0.2, 0.25) is 0 Å². The number of hydrogen-bond donors (Lipinski definition) is 1. The third kappa shape index (κ3) is 4.95. The van der Waals surface area contributed by atoms with Gasteiger partial charge in [-0.15, -0.1) is 12.4 Å². The molecule has 0 saturated carbocycles. The van der Waals surface area contributed by atoms with Crippen LogP contribution in [0.3, 0.4) is 0 Å². The maximum Gasteiger partial charge on any atom is 0.416 e. The summed E-state index contributed by atoms with van der Waals surface area (Å²) in [5, 5.41) is 0. The first-order valence-electron chi connectivity index (χ1n) is 4.84. The first-order chi connectivity index (χ1) is 8.73. The minimum Gasteiger partial charge on any atom is -0.316 e. The molecule has 2 N–H and O–H groups in total. The lowest BCUT2D eigenvalue weighted by Crippen LogP contribution is -2.29. The van der Waals surface area contributed by atoms with E-state index < -0.39 is 41.3 Å². The van der Waals surface area contributed by atoms with Gasteiger partial charge in [-0.1, -0.05) is 0 Å². The summed E-state index contributed by atoms with van der Waals surface area (Å²) in [7, 11) is 0. The van der Waals surface area contributed by atoms with Crippen molar-refractivity contribution in [2.45, 2.75) is 24.6 Å². The summed E-state index contributed by atoms with van der Waals surface area (Å²) in [6.07, 6.45) is -15.6. The van der Waals surface area contributed by atoms with E-state index in [1.54, 1.807) is 0 Å². The van der Waals surface area contributed by atoms with E-state index in [9.17, 15) is 39.5 Å². The minimum atomic E-state index is -5.22. The zero-order valence-electron chi connectivity index (χ0n) is 9.70. The molecule has 0 aliphatic heterocycles. The Hall–Kier alpha value is -1.16. The fourth-order valence-electron chi connectivity index (χ4n) is 1.35. The Morgan fingerprint density at radius 1 is 0.714 bits per heavy atom. The molecule has 122 valence electrons. The van der Waals surface area contributed by atoms with Crippen LogP contribution in [-0.2, 0) is 12.4 Å². The van der Waals surface area contributed by atoms with E-state index in [4.69, 9.17) is 0 Å². The molecule has 1 aromatic rings. The van der Waals surface area contributed by atoms with E-state index in [2.05, 4.69) is 5.73 Å². The zero-order valence-corrected chi connectivity index (χ0v) is 10.5. The van der Waals surface area contributed by atoms with Gasteiger partial charge in [-0.3, -0.25) is 0 Å². The summed E-state index contributed by atoms with van der Waals surface area (Å²) in [4.78, 5) is 0. The molecule has 0 aliphatic carbocycles. The van der Waals surface area contributed by atoms with Crippen LogP contribution in [0.25, 0.3) is 0 Å². The number of alkyl halides is 9. The lowest BCUT2D eigenvalue weighted by molar-refractivity contribution is -0.152. The third-order valence-electron chi connectivity index (χ3n) is 2.32. The lowest BCUT2D eigenvalue weighted by Gasteiger charge is -2.19. The average molecular weight is 348 g/mol. The van der Waals surface area contributed by atoms with Gasteiger partial charge in [-0.05, 0) is 23.8 Å². The minimum absolute atomic E-state index is 0. The van der Waals surface area contributed by atoms with Gasteiger partial charge in [0.2, 0.25) is 0 Å².